The first kappa shape index (κ1) is 21.3. The van der Waals surface area contributed by atoms with Gasteiger partial charge in [-0.25, -0.2) is 19.9 Å². The van der Waals surface area contributed by atoms with Gasteiger partial charge in [0.15, 0.2) is 5.65 Å². The molecule has 2 aromatic heterocycles. The van der Waals surface area contributed by atoms with Crippen molar-refractivity contribution >= 4 is 17.4 Å². The van der Waals surface area contributed by atoms with Crippen molar-refractivity contribution in [2.75, 3.05) is 31.1 Å². The van der Waals surface area contributed by atoms with Gasteiger partial charge >= 0.3 is 0 Å². The molecule has 4 aliphatic heterocycles. The van der Waals surface area contributed by atoms with Crippen molar-refractivity contribution in [3.63, 3.8) is 0 Å². The summed E-state index contributed by atoms with van der Waals surface area (Å²) < 4.78 is 1.88. The van der Waals surface area contributed by atoms with Gasteiger partial charge in [-0.3, -0.25) is 4.79 Å². The van der Waals surface area contributed by atoms with E-state index in [0.717, 1.165) is 81.0 Å². The lowest BCUT2D eigenvalue weighted by atomic mass is 9.96. The van der Waals surface area contributed by atoms with E-state index in [1.165, 1.54) is 19.3 Å². The van der Waals surface area contributed by atoms with E-state index in [4.69, 9.17) is 15.8 Å². The zero-order valence-corrected chi connectivity index (χ0v) is 19.6. The highest BCUT2D eigenvalue weighted by molar-refractivity contribution is 5.82. The van der Waals surface area contributed by atoms with Crippen molar-refractivity contribution in [3.05, 3.63) is 23.5 Å². The second kappa shape index (κ2) is 8.52. The molecule has 4 atom stereocenters. The maximum atomic E-state index is 13.6. The van der Waals surface area contributed by atoms with Gasteiger partial charge in [0.05, 0.1) is 11.7 Å². The van der Waals surface area contributed by atoms with Crippen molar-refractivity contribution in [3.8, 4) is 0 Å². The third kappa shape index (κ3) is 3.90. The Morgan fingerprint density at radius 1 is 1.12 bits per heavy atom. The number of hydrazine groups is 1. The molecule has 1 amide bonds. The first-order chi connectivity index (χ1) is 16.1. The molecule has 178 valence electrons. The summed E-state index contributed by atoms with van der Waals surface area (Å²) in [5.41, 5.74) is 12.6. The SMILES string of the molecule is Cc1cn2nc([C@@H]3CCCCN3C(=O)C3CC4CCCCN4N3)cc2nc1N1CC[C@H](N)C1. The number of anilines is 1. The number of fused-ring (bicyclic) bond motifs is 2. The molecule has 0 spiro atoms. The van der Waals surface area contributed by atoms with Gasteiger partial charge in [-0.2, -0.15) is 5.10 Å². The Morgan fingerprint density at radius 2 is 1.97 bits per heavy atom. The normalized spacial score (nSPS) is 30.8. The van der Waals surface area contributed by atoms with Crippen LogP contribution in [0.2, 0.25) is 0 Å². The number of nitrogens with one attached hydrogen (secondary N) is 1. The maximum Gasteiger partial charge on any atom is 0.241 e. The predicted molar refractivity (Wildman–Crippen MR) is 127 cm³/mol. The van der Waals surface area contributed by atoms with E-state index in [1.807, 2.05) is 4.52 Å². The number of nitrogens with two attached hydrogens (primary N) is 1. The molecule has 2 aromatic rings. The fourth-order valence-electron chi connectivity index (χ4n) is 6.28. The van der Waals surface area contributed by atoms with Gasteiger partial charge in [-0.1, -0.05) is 6.42 Å². The molecule has 9 heteroatoms. The number of piperidine rings is 2. The third-order valence-corrected chi connectivity index (χ3v) is 8.03. The monoisotopic (exact) mass is 452 g/mol. The van der Waals surface area contributed by atoms with Gasteiger partial charge in [0, 0.05) is 56.1 Å². The Labute approximate surface area is 195 Å². The predicted octanol–water partition coefficient (Wildman–Crippen LogP) is 1.76. The number of likely N-dealkylation sites (tertiary alicyclic amines) is 1. The second-order valence-corrected chi connectivity index (χ2v) is 10.4. The van der Waals surface area contributed by atoms with Crippen LogP contribution in [0.4, 0.5) is 5.82 Å². The summed E-state index contributed by atoms with van der Waals surface area (Å²) in [5, 5.41) is 7.21. The molecule has 4 aliphatic rings. The molecular formula is C24H36N8O. The summed E-state index contributed by atoms with van der Waals surface area (Å²) in [6.07, 6.45) is 10.8. The van der Waals surface area contributed by atoms with Crippen LogP contribution < -0.4 is 16.1 Å². The molecule has 2 unspecified atom stereocenters. The number of hydrogen-bond donors (Lipinski definition) is 2. The maximum absolute atomic E-state index is 13.6. The van der Waals surface area contributed by atoms with Crippen LogP contribution in [0.1, 0.15) is 68.7 Å². The van der Waals surface area contributed by atoms with Crippen molar-refractivity contribution in [1.29, 1.82) is 0 Å². The zero-order valence-electron chi connectivity index (χ0n) is 19.6. The van der Waals surface area contributed by atoms with E-state index in [9.17, 15) is 4.79 Å². The van der Waals surface area contributed by atoms with E-state index in [0.29, 0.717) is 6.04 Å². The molecule has 6 rings (SSSR count). The number of hydrogen-bond acceptors (Lipinski definition) is 7. The van der Waals surface area contributed by atoms with Crippen LogP contribution in [0.5, 0.6) is 0 Å². The Balaban J connectivity index is 1.25. The molecular weight excluding hydrogens is 416 g/mol. The minimum atomic E-state index is -0.0999. The second-order valence-electron chi connectivity index (χ2n) is 10.4. The zero-order chi connectivity index (χ0) is 22.5. The molecule has 9 nitrogen and oxygen atoms in total. The minimum absolute atomic E-state index is 0.0244. The average Bonchev–Trinajstić information content (AvgIpc) is 3.55. The highest BCUT2D eigenvalue weighted by atomic mass is 16.2. The molecule has 0 radical (unpaired) electrons. The lowest BCUT2D eigenvalue weighted by Gasteiger charge is -2.36. The van der Waals surface area contributed by atoms with Gasteiger partial charge < -0.3 is 15.5 Å². The summed E-state index contributed by atoms with van der Waals surface area (Å²) in [4.78, 5) is 22.9. The van der Waals surface area contributed by atoms with Crippen LogP contribution >= 0.6 is 0 Å². The van der Waals surface area contributed by atoms with Gasteiger partial charge in [-0.05, 0) is 51.9 Å². The highest BCUT2D eigenvalue weighted by Crippen LogP contribution is 2.34. The Hall–Kier alpha value is -2.23. The lowest BCUT2D eigenvalue weighted by Crippen LogP contribution is -2.50. The largest absolute Gasteiger partial charge is 0.355 e. The van der Waals surface area contributed by atoms with E-state index in [-0.39, 0.29) is 24.0 Å². The number of carbonyl (C=O) groups excluding carboxylic acids is 1. The summed E-state index contributed by atoms with van der Waals surface area (Å²) in [6.45, 7) is 5.75. The number of nitrogens with zero attached hydrogens (tertiary/aromatic N) is 6. The smallest absolute Gasteiger partial charge is 0.241 e. The highest BCUT2D eigenvalue weighted by Gasteiger charge is 2.41. The topological polar surface area (TPSA) is 95.0 Å². The van der Waals surface area contributed by atoms with Gasteiger partial charge in [-0.15, -0.1) is 0 Å². The first-order valence-electron chi connectivity index (χ1n) is 12.8. The molecule has 3 N–H and O–H groups in total. The van der Waals surface area contributed by atoms with Crippen LogP contribution in [0, 0.1) is 6.92 Å². The molecule has 0 aliphatic carbocycles. The van der Waals surface area contributed by atoms with E-state index >= 15 is 0 Å². The van der Waals surface area contributed by atoms with Crippen LogP contribution in [0.25, 0.3) is 5.65 Å². The molecule has 4 saturated heterocycles. The number of carbonyl (C=O) groups is 1. The average molecular weight is 453 g/mol. The third-order valence-electron chi connectivity index (χ3n) is 8.03. The fraction of sp³-hybridized carbons (Fsp3) is 0.708. The van der Waals surface area contributed by atoms with Gasteiger partial charge in [0.25, 0.3) is 0 Å². The fourth-order valence-corrected chi connectivity index (χ4v) is 6.28. The molecule has 33 heavy (non-hydrogen) atoms. The first-order valence-corrected chi connectivity index (χ1v) is 12.8. The van der Waals surface area contributed by atoms with Gasteiger partial charge in [0.2, 0.25) is 5.91 Å². The minimum Gasteiger partial charge on any atom is -0.355 e. The van der Waals surface area contributed by atoms with Crippen molar-refractivity contribution in [2.24, 2.45) is 5.73 Å². The number of aromatic nitrogens is 3. The Morgan fingerprint density at radius 3 is 2.79 bits per heavy atom. The molecule has 0 bridgehead atoms. The Bertz CT molecular complexity index is 1020. The van der Waals surface area contributed by atoms with Crippen LogP contribution in [-0.4, -0.2) is 74.7 Å². The number of rotatable bonds is 3. The molecule has 0 saturated carbocycles. The van der Waals surface area contributed by atoms with Crippen molar-refractivity contribution in [2.45, 2.75) is 82.5 Å². The standard InChI is InChI=1S/C24H36N8O/c1-16-14-32-22(26-23(16)29-11-8-17(25)15-29)13-19(27-32)21-7-3-4-9-30(21)24(33)20-12-18-6-2-5-10-31(18)28-20/h13-14,17-18,20-21,28H,2-12,15,25H2,1H3/t17-,18?,20?,21-/m0/s1. The Kier molecular flexibility index (Phi) is 5.50. The van der Waals surface area contributed by atoms with Crippen molar-refractivity contribution < 1.29 is 4.79 Å². The summed E-state index contributed by atoms with van der Waals surface area (Å²) >= 11 is 0. The quantitative estimate of drug-likeness (QED) is 0.733. The van der Waals surface area contributed by atoms with Gasteiger partial charge in [0.1, 0.15) is 11.9 Å². The van der Waals surface area contributed by atoms with Crippen molar-refractivity contribution in [1.82, 2.24) is 29.9 Å². The van der Waals surface area contributed by atoms with E-state index in [2.05, 4.69) is 39.4 Å². The summed E-state index contributed by atoms with van der Waals surface area (Å²) in [7, 11) is 0. The number of amides is 1. The van der Waals surface area contributed by atoms with Crippen LogP contribution in [0.3, 0.4) is 0 Å². The summed E-state index contributed by atoms with van der Waals surface area (Å²) in [5.74, 6) is 1.24. The lowest BCUT2D eigenvalue weighted by molar-refractivity contribution is -0.137. The number of aryl methyl sites for hydroxylation is 1. The van der Waals surface area contributed by atoms with Crippen LogP contribution in [0.15, 0.2) is 12.3 Å². The van der Waals surface area contributed by atoms with E-state index < -0.39 is 0 Å². The van der Waals surface area contributed by atoms with Crippen LogP contribution in [-0.2, 0) is 4.79 Å². The molecule has 4 fully saturated rings. The summed E-state index contributed by atoms with van der Waals surface area (Å²) in [6, 6.07) is 2.73. The molecule has 0 aromatic carbocycles. The molecule has 6 heterocycles. The van der Waals surface area contributed by atoms with E-state index in [1.54, 1.807) is 0 Å².